The first-order valence-corrected chi connectivity index (χ1v) is 10.5. The maximum atomic E-state index is 14.4. The van der Waals surface area contributed by atoms with Gasteiger partial charge in [-0.3, -0.25) is 9.48 Å². The van der Waals surface area contributed by atoms with Crippen LogP contribution in [0, 0.1) is 18.6 Å². The highest BCUT2D eigenvalue weighted by molar-refractivity contribution is 5.81. The van der Waals surface area contributed by atoms with Crippen molar-refractivity contribution in [2.24, 2.45) is 0 Å². The molecule has 1 atom stereocenters. The quantitative estimate of drug-likeness (QED) is 0.512. The molecule has 3 aromatic rings. The van der Waals surface area contributed by atoms with Crippen molar-refractivity contribution in [1.82, 2.24) is 24.6 Å². The predicted molar refractivity (Wildman–Crippen MR) is 117 cm³/mol. The lowest BCUT2D eigenvalue weighted by atomic mass is 10.1. The number of anilines is 2. The number of aryl methyl sites for hydroxylation is 1. The van der Waals surface area contributed by atoms with E-state index in [2.05, 4.69) is 20.4 Å². The predicted octanol–water partition coefficient (Wildman–Crippen LogP) is 2.36. The van der Waals surface area contributed by atoms with Crippen molar-refractivity contribution in [2.45, 2.75) is 32.6 Å². The molecule has 4 rings (SSSR count). The van der Waals surface area contributed by atoms with Crippen LogP contribution in [0.1, 0.15) is 24.1 Å². The van der Waals surface area contributed by atoms with Gasteiger partial charge < -0.3 is 24.8 Å². The molecule has 10 nitrogen and oxygen atoms in total. The lowest BCUT2D eigenvalue weighted by Gasteiger charge is -2.37. The standard InChI is InChI=1S/C22H24F2N6O4/c1-12-4-18(33-3)20(24)17(19(12)23)11-34-16-6-25-22(26-7-16)28-14-5-27-30(8-14)13(2)21(32)29-9-15(31)10-29/h4-8,13,15,31H,9-11H2,1-3H3,(H,25,26,28). The fraction of sp³-hybridized carbons (Fsp3) is 0.364. The van der Waals surface area contributed by atoms with Crippen LogP contribution in [0.3, 0.4) is 0 Å². The molecule has 2 aromatic heterocycles. The first-order valence-electron chi connectivity index (χ1n) is 10.5. The molecule has 34 heavy (non-hydrogen) atoms. The molecule has 1 amide bonds. The monoisotopic (exact) mass is 474 g/mol. The van der Waals surface area contributed by atoms with E-state index in [9.17, 15) is 18.7 Å². The van der Waals surface area contributed by atoms with Crippen molar-refractivity contribution in [2.75, 3.05) is 25.5 Å². The summed E-state index contributed by atoms with van der Waals surface area (Å²) in [4.78, 5) is 22.2. The molecule has 12 heteroatoms. The SMILES string of the molecule is COc1cc(C)c(F)c(COc2cnc(Nc3cnn(C(C)C(=O)N4CC(O)C4)c3)nc2)c1F. The number of aromatic nitrogens is 4. The van der Waals surface area contributed by atoms with Crippen molar-refractivity contribution in [1.29, 1.82) is 0 Å². The lowest BCUT2D eigenvalue weighted by molar-refractivity contribution is -0.144. The highest BCUT2D eigenvalue weighted by Crippen LogP contribution is 2.27. The van der Waals surface area contributed by atoms with Crippen LogP contribution < -0.4 is 14.8 Å². The molecule has 0 spiro atoms. The number of hydrogen-bond acceptors (Lipinski definition) is 8. The fourth-order valence-corrected chi connectivity index (χ4v) is 3.45. The smallest absolute Gasteiger partial charge is 0.247 e. The van der Waals surface area contributed by atoms with E-state index in [0.717, 1.165) is 0 Å². The van der Waals surface area contributed by atoms with Gasteiger partial charge in [-0.1, -0.05) is 0 Å². The first kappa shape index (κ1) is 23.4. The third kappa shape index (κ3) is 4.76. The Morgan fingerprint density at radius 1 is 1.26 bits per heavy atom. The molecule has 2 N–H and O–H groups in total. The minimum absolute atomic E-state index is 0.0627. The second-order valence-electron chi connectivity index (χ2n) is 7.94. The van der Waals surface area contributed by atoms with E-state index in [4.69, 9.17) is 9.47 Å². The number of ether oxygens (including phenoxy) is 2. The Kier molecular flexibility index (Phi) is 6.59. The number of rotatable bonds is 8. The molecule has 1 saturated heterocycles. The van der Waals surface area contributed by atoms with Crippen LogP contribution in [0.25, 0.3) is 0 Å². The van der Waals surface area contributed by atoms with Gasteiger partial charge in [0, 0.05) is 19.3 Å². The second kappa shape index (κ2) is 9.59. The van der Waals surface area contributed by atoms with Gasteiger partial charge >= 0.3 is 0 Å². The number of β-amino-alcohol motifs (C(OH)–C–C–N with tert-alkyl or cyclic N) is 1. The fourth-order valence-electron chi connectivity index (χ4n) is 3.45. The molecule has 0 bridgehead atoms. The first-order chi connectivity index (χ1) is 16.3. The number of carbonyl (C=O) groups is 1. The summed E-state index contributed by atoms with van der Waals surface area (Å²) in [5.74, 6) is -1.25. The molecule has 1 aliphatic rings. The van der Waals surface area contributed by atoms with Crippen LogP contribution in [0.4, 0.5) is 20.4 Å². The van der Waals surface area contributed by atoms with E-state index >= 15 is 0 Å². The third-order valence-corrected chi connectivity index (χ3v) is 5.46. The highest BCUT2D eigenvalue weighted by atomic mass is 19.1. The molecule has 3 heterocycles. The summed E-state index contributed by atoms with van der Waals surface area (Å²) in [6.07, 6.45) is 5.43. The molecule has 180 valence electrons. The van der Waals surface area contributed by atoms with Crippen LogP contribution in [0.15, 0.2) is 30.9 Å². The largest absolute Gasteiger partial charge is 0.494 e. The van der Waals surface area contributed by atoms with Crippen LogP contribution in [0.2, 0.25) is 0 Å². The Morgan fingerprint density at radius 3 is 2.62 bits per heavy atom. The lowest BCUT2D eigenvalue weighted by Crippen LogP contribution is -2.55. The van der Waals surface area contributed by atoms with Crippen LogP contribution in [0.5, 0.6) is 11.5 Å². The topological polar surface area (TPSA) is 115 Å². The van der Waals surface area contributed by atoms with Gasteiger partial charge in [-0.05, 0) is 25.5 Å². The van der Waals surface area contributed by atoms with E-state index < -0.39 is 23.8 Å². The van der Waals surface area contributed by atoms with Crippen molar-refractivity contribution in [3.8, 4) is 11.5 Å². The number of nitrogens with zero attached hydrogens (tertiary/aromatic N) is 5. The zero-order valence-electron chi connectivity index (χ0n) is 18.8. The zero-order valence-corrected chi connectivity index (χ0v) is 18.8. The Balaban J connectivity index is 1.36. The number of aliphatic hydroxyl groups excluding tert-OH is 1. The Hall–Kier alpha value is -3.80. The van der Waals surface area contributed by atoms with E-state index in [0.29, 0.717) is 18.8 Å². The average Bonchev–Trinajstić information content (AvgIpc) is 3.27. The number of likely N-dealkylation sites (tertiary alicyclic amines) is 1. The summed E-state index contributed by atoms with van der Waals surface area (Å²) >= 11 is 0. The molecule has 0 aliphatic carbocycles. The van der Waals surface area contributed by atoms with Gasteiger partial charge in [-0.25, -0.2) is 18.7 Å². The van der Waals surface area contributed by atoms with Gasteiger partial charge in [0.2, 0.25) is 11.9 Å². The van der Waals surface area contributed by atoms with Gasteiger partial charge in [-0.2, -0.15) is 5.10 Å². The molecule has 1 unspecified atom stereocenters. The average molecular weight is 474 g/mol. The molecular weight excluding hydrogens is 450 g/mol. The number of benzene rings is 1. The minimum Gasteiger partial charge on any atom is -0.494 e. The molecule has 0 saturated carbocycles. The summed E-state index contributed by atoms with van der Waals surface area (Å²) in [5.41, 5.74) is 0.558. The zero-order chi connectivity index (χ0) is 24.4. The summed E-state index contributed by atoms with van der Waals surface area (Å²) in [6.45, 7) is 3.53. The van der Waals surface area contributed by atoms with Crippen molar-refractivity contribution in [3.63, 3.8) is 0 Å². The number of methoxy groups -OCH3 is 1. The van der Waals surface area contributed by atoms with E-state index in [1.54, 1.807) is 18.0 Å². The molecule has 0 radical (unpaired) electrons. The summed E-state index contributed by atoms with van der Waals surface area (Å²) in [5, 5.41) is 16.5. The number of nitrogens with one attached hydrogen (secondary N) is 1. The van der Waals surface area contributed by atoms with E-state index in [1.807, 2.05) is 0 Å². The van der Waals surface area contributed by atoms with E-state index in [-0.39, 0.29) is 41.1 Å². The Bertz CT molecular complexity index is 1180. The van der Waals surface area contributed by atoms with Gasteiger partial charge in [0.25, 0.3) is 0 Å². The van der Waals surface area contributed by atoms with E-state index in [1.165, 1.54) is 43.4 Å². The van der Waals surface area contributed by atoms with Gasteiger partial charge in [-0.15, -0.1) is 0 Å². The summed E-state index contributed by atoms with van der Waals surface area (Å²) < 4.78 is 40.6. The van der Waals surface area contributed by atoms with Gasteiger partial charge in [0.05, 0.1) is 43.1 Å². The van der Waals surface area contributed by atoms with Crippen LogP contribution in [-0.2, 0) is 11.4 Å². The maximum Gasteiger partial charge on any atom is 0.247 e. The number of aliphatic hydroxyl groups is 1. The highest BCUT2D eigenvalue weighted by Gasteiger charge is 2.32. The summed E-state index contributed by atoms with van der Waals surface area (Å²) in [6, 6.07) is 0.757. The van der Waals surface area contributed by atoms with Crippen LogP contribution >= 0.6 is 0 Å². The third-order valence-electron chi connectivity index (χ3n) is 5.46. The number of amides is 1. The van der Waals surface area contributed by atoms with Crippen LogP contribution in [-0.4, -0.2) is 62.0 Å². The Morgan fingerprint density at radius 2 is 1.97 bits per heavy atom. The second-order valence-corrected chi connectivity index (χ2v) is 7.94. The van der Waals surface area contributed by atoms with Gasteiger partial charge in [0.15, 0.2) is 17.3 Å². The number of halogens is 2. The van der Waals surface area contributed by atoms with Crippen molar-refractivity contribution >= 4 is 17.5 Å². The summed E-state index contributed by atoms with van der Waals surface area (Å²) in [7, 11) is 1.31. The number of carbonyl (C=O) groups excluding carboxylic acids is 1. The Labute approximate surface area is 194 Å². The molecule has 1 aliphatic heterocycles. The van der Waals surface area contributed by atoms with Crippen molar-refractivity contribution < 1.29 is 28.2 Å². The minimum atomic E-state index is -0.820. The van der Waals surface area contributed by atoms with Crippen molar-refractivity contribution in [3.05, 3.63) is 53.6 Å². The van der Waals surface area contributed by atoms with Gasteiger partial charge in [0.1, 0.15) is 18.5 Å². The normalized spacial score (nSPS) is 14.5. The molecule has 1 aromatic carbocycles. The molecular formula is C22H24F2N6O4. The maximum absolute atomic E-state index is 14.4. The number of hydrogen-bond donors (Lipinski definition) is 2. The molecule has 1 fully saturated rings.